The average Bonchev–Trinajstić information content (AvgIpc) is 2.92. The van der Waals surface area contributed by atoms with Crippen molar-refractivity contribution in [1.29, 1.82) is 0 Å². The van der Waals surface area contributed by atoms with Crippen molar-refractivity contribution in [2.75, 3.05) is 13.7 Å². The van der Waals surface area contributed by atoms with Crippen molar-refractivity contribution in [1.82, 2.24) is 5.32 Å². The van der Waals surface area contributed by atoms with Crippen LogP contribution in [0.1, 0.15) is 15.9 Å². The van der Waals surface area contributed by atoms with Crippen molar-refractivity contribution in [2.45, 2.75) is 0 Å². The molecule has 0 aliphatic carbocycles. The Morgan fingerprint density at radius 2 is 2.08 bits per heavy atom. The molecule has 1 aromatic rings. The number of hydrogen-bond acceptors (Lipinski definition) is 6. The molecule has 7 heteroatoms. The van der Waals surface area contributed by atoms with Crippen LogP contribution in [0.15, 0.2) is 53.0 Å². The van der Waals surface area contributed by atoms with Gasteiger partial charge < -0.3 is 14.8 Å². The molecule has 1 amide bonds. The van der Waals surface area contributed by atoms with Crippen molar-refractivity contribution < 1.29 is 19.1 Å². The van der Waals surface area contributed by atoms with Crippen LogP contribution in [0.4, 0.5) is 0 Å². The Bertz CT molecular complexity index is 806. The van der Waals surface area contributed by atoms with E-state index < -0.39 is 0 Å². The maximum Gasteiger partial charge on any atom is 0.337 e. The first-order valence-corrected chi connectivity index (χ1v) is 8.26. The van der Waals surface area contributed by atoms with Crippen LogP contribution < -0.4 is 5.32 Å². The number of methoxy groups -OCH3 is 1. The van der Waals surface area contributed by atoms with Gasteiger partial charge in [0.1, 0.15) is 16.7 Å². The van der Waals surface area contributed by atoms with E-state index in [9.17, 15) is 9.59 Å². The molecular weight excluding hydrogens is 346 g/mol. The monoisotopic (exact) mass is 359 g/mol. The fourth-order valence-corrected chi connectivity index (χ4v) is 3.25. The summed E-state index contributed by atoms with van der Waals surface area (Å²) in [6.07, 6.45) is 5.50. The minimum absolute atomic E-state index is 0.181. The first-order valence-electron chi connectivity index (χ1n) is 7.04. The van der Waals surface area contributed by atoms with Crippen LogP contribution in [0.2, 0.25) is 0 Å². The van der Waals surface area contributed by atoms with E-state index in [2.05, 4.69) is 10.1 Å². The Morgan fingerprint density at radius 1 is 1.33 bits per heavy atom. The fraction of sp³-hybridized carbons (Fsp3) is 0.118. The van der Waals surface area contributed by atoms with Gasteiger partial charge in [-0.1, -0.05) is 42.2 Å². The summed E-state index contributed by atoms with van der Waals surface area (Å²) >= 11 is 6.20. The molecule has 2 aliphatic rings. The van der Waals surface area contributed by atoms with Gasteiger partial charge in [0, 0.05) is 5.56 Å². The molecule has 1 N–H and O–H groups in total. The zero-order valence-electron chi connectivity index (χ0n) is 12.7. The summed E-state index contributed by atoms with van der Waals surface area (Å²) in [5.74, 6) is 0.144. The molecule has 0 radical (unpaired) electrons. The number of nitrogens with one attached hydrogen (secondary N) is 1. The molecule has 0 atom stereocenters. The maximum atomic E-state index is 11.6. The van der Waals surface area contributed by atoms with Gasteiger partial charge in [-0.15, -0.1) is 0 Å². The first-order chi connectivity index (χ1) is 11.6. The molecule has 0 aromatic heterocycles. The van der Waals surface area contributed by atoms with Crippen molar-refractivity contribution in [2.24, 2.45) is 0 Å². The van der Waals surface area contributed by atoms with Gasteiger partial charge in [0.05, 0.1) is 17.6 Å². The van der Waals surface area contributed by atoms with E-state index in [1.807, 2.05) is 12.2 Å². The molecule has 0 saturated carbocycles. The lowest BCUT2D eigenvalue weighted by Gasteiger charge is -2.15. The summed E-state index contributed by atoms with van der Waals surface area (Å²) in [5.41, 5.74) is 2.23. The van der Waals surface area contributed by atoms with Crippen LogP contribution >= 0.6 is 24.0 Å². The topological polar surface area (TPSA) is 64.6 Å². The number of rotatable bonds is 3. The van der Waals surface area contributed by atoms with Gasteiger partial charge in [0.2, 0.25) is 0 Å². The van der Waals surface area contributed by atoms with Crippen molar-refractivity contribution in [3.63, 3.8) is 0 Å². The lowest BCUT2D eigenvalue weighted by Crippen LogP contribution is -2.17. The van der Waals surface area contributed by atoms with Crippen LogP contribution in [0, 0.1) is 0 Å². The van der Waals surface area contributed by atoms with E-state index in [0.717, 1.165) is 11.1 Å². The SMILES string of the molecule is COC(=O)c1ccc(C2=CC=C(C=C3SC(=S)NC3=O)CO2)cc1. The molecule has 24 heavy (non-hydrogen) atoms. The van der Waals surface area contributed by atoms with E-state index >= 15 is 0 Å². The predicted molar refractivity (Wildman–Crippen MR) is 96.2 cm³/mol. The summed E-state index contributed by atoms with van der Waals surface area (Å²) in [5, 5.41) is 2.58. The van der Waals surface area contributed by atoms with E-state index in [4.69, 9.17) is 17.0 Å². The van der Waals surface area contributed by atoms with Crippen LogP contribution in [0.5, 0.6) is 0 Å². The number of amides is 1. The number of benzene rings is 1. The summed E-state index contributed by atoms with van der Waals surface area (Å²) in [6, 6.07) is 6.97. The Labute approximate surface area is 148 Å². The van der Waals surface area contributed by atoms with E-state index in [-0.39, 0.29) is 11.9 Å². The Kier molecular flexibility index (Phi) is 4.82. The zero-order valence-corrected chi connectivity index (χ0v) is 14.3. The third kappa shape index (κ3) is 3.58. The summed E-state index contributed by atoms with van der Waals surface area (Å²) < 4.78 is 10.9. The Balaban J connectivity index is 1.76. The van der Waals surface area contributed by atoms with E-state index in [0.29, 0.717) is 27.2 Å². The van der Waals surface area contributed by atoms with E-state index in [1.54, 1.807) is 30.3 Å². The Hall–Kier alpha value is -2.38. The molecule has 1 saturated heterocycles. The number of thiocarbonyl (C=S) groups is 1. The highest BCUT2D eigenvalue weighted by Gasteiger charge is 2.22. The second-order valence-electron chi connectivity index (χ2n) is 4.98. The molecule has 3 rings (SSSR count). The molecule has 0 spiro atoms. The van der Waals surface area contributed by atoms with Crippen LogP contribution in [0.25, 0.3) is 5.76 Å². The maximum absolute atomic E-state index is 11.6. The molecule has 0 bridgehead atoms. The largest absolute Gasteiger partial charge is 0.488 e. The van der Waals surface area contributed by atoms with Crippen molar-refractivity contribution in [3.05, 3.63) is 64.1 Å². The number of hydrogen-bond donors (Lipinski definition) is 1. The van der Waals surface area contributed by atoms with Gasteiger partial charge in [-0.2, -0.15) is 0 Å². The number of ether oxygens (including phenoxy) is 2. The molecule has 5 nitrogen and oxygen atoms in total. The molecular formula is C17H13NO4S2. The highest BCUT2D eigenvalue weighted by atomic mass is 32.2. The quantitative estimate of drug-likeness (QED) is 0.509. The highest BCUT2D eigenvalue weighted by Crippen LogP contribution is 2.27. The number of thioether (sulfide) groups is 1. The smallest absolute Gasteiger partial charge is 0.337 e. The molecule has 2 aliphatic heterocycles. The third-order valence-corrected chi connectivity index (χ3v) is 4.55. The van der Waals surface area contributed by atoms with Crippen molar-refractivity contribution >= 4 is 45.9 Å². The Morgan fingerprint density at radius 3 is 2.62 bits per heavy atom. The van der Waals surface area contributed by atoms with Gasteiger partial charge in [0.25, 0.3) is 5.91 Å². The lowest BCUT2D eigenvalue weighted by atomic mass is 10.1. The third-order valence-electron chi connectivity index (χ3n) is 3.39. The van der Waals surface area contributed by atoms with Crippen LogP contribution in [0.3, 0.4) is 0 Å². The molecule has 1 fully saturated rings. The van der Waals surface area contributed by atoms with Gasteiger partial charge in [-0.3, -0.25) is 4.79 Å². The summed E-state index contributed by atoms with van der Waals surface area (Å²) in [4.78, 5) is 23.6. The van der Waals surface area contributed by atoms with Crippen LogP contribution in [-0.2, 0) is 14.3 Å². The number of carbonyl (C=O) groups is 2. The average molecular weight is 359 g/mol. The van der Waals surface area contributed by atoms with Crippen LogP contribution in [-0.4, -0.2) is 29.9 Å². The number of esters is 1. The summed E-state index contributed by atoms with van der Waals surface area (Å²) in [7, 11) is 1.35. The zero-order chi connectivity index (χ0) is 17.1. The molecule has 122 valence electrons. The van der Waals surface area contributed by atoms with Gasteiger partial charge in [0.15, 0.2) is 0 Å². The predicted octanol–water partition coefficient (Wildman–Crippen LogP) is 2.80. The van der Waals surface area contributed by atoms with Gasteiger partial charge >= 0.3 is 5.97 Å². The molecule has 2 heterocycles. The summed E-state index contributed by atoms with van der Waals surface area (Å²) in [6.45, 7) is 0.356. The fourth-order valence-electron chi connectivity index (χ4n) is 2.19. The van der Waals surface area contributed by atoms with Gasteiger partial charge in [-0.25, -0.2) is 4.79 Å². The lowest BCUT2D eigenvalue weighted by molar-refractivity contribution is -0.115. The minimum Gasteiger partial charge on any atom is -0.488 e. The minimum atomic E-state index is -0.376. The van der Waals surface area contributed by atoms with Gasteiger partial charge in [-0.05, 0) is 29.9 Å². The second kappa shape index (κ2) is 7.02. The molecule has 1 aromatic carbocycles. The first kappa shape index (κ1) is 16.5. The normalized spacial score (nSPS) is 18.6. The highest BCUT2D eigenvalue weighted by molar-refractivity contribution is 8.26. The number of allylic oxidation sites excluding steroid dienone is 2. The van der Waals surface area contributed by atoms with E-state index in [1.165, 1.54) is 18.9 Å². The molecule has 0 unspecified atom stereocenters. The standard InChI is InChI=1S/C17H13NO4S2/c1-21-16(20)12-5-3-11(4-6-12)13-7-2-10(9-22-13)8-14-15(19)18-17(23)24-14/h2-8H,9H2,1H3,(H,18,19,23). The number of carbonyl (C=O) groups excluding carboxylic acids is 2. The second-order valence-corrected chi connectivity index (χ2v) is 6.70. The van der Waals surface area contributed by atoms with Crippen molar-refractivity contribution in [3.8, 4) is 0 Å².